The highest BCUT2D eigenvalue weighted by molar-refractivity contribution is 4.92. The molecule has 0 radical (unpaired) electrons. The summed E-state index contributed by atoms with van der Waals surface area (Å²) in [7, 11) is 0. The maximum atomic E-state index is 10.1. The molecular weight excluding hydrogens is 402 g/mol. The molecule has 4 aliphatic rings. The summed E-state index contributed by atoms with van der Waals surface area (Å²) in [5, 5.41) is 39.5. The van der Waals surface area contributed by atoms with Crippen LogP contribution in [0.15, 0.2) is 0 Å². The lowest BCUT2D eigenvalue weighted by atomic mass is 9.88. The van der Waals surface area contributed by atoms with Crippen molar-refractivity contribution in [3.8, 4) is 0 Å². The van der Waals surface area contributed by atoms with Crippen LogP contribution in [0.4, 0.5) is 0 Å². The molecule has 1 aliphatic carbocycles. The van der Waals surface area contributed by atoms with E-state index >= 15 is 0 Å². The van der Waals surface area contributed by atoms with Gasteiger partial charge in [0.2, 0.25) is 0 Å². The van der Waals surface area contributed by atoms with Gasteiger partial charge in [-0.15, -0.1) is 0 Å². The summed E-state index contributed by atoms with van der Waals surface area (Å²) in [6, 6.07) is 1.07. The van der Waals surface area contributed by atoms with Crippen molar-refractivity contribution in [2.24, 2.45) is 5.92 Å². The van der Waals surface area contributed by atoms with E-state index in [1.165, 1.54) is 51.4 Å². The summed E-state index contributed by atoms with van der Waals surface area (Å²) in [4.78, 5) is 0. The molecule has 1 saturated carbocycles. The highest BCUT2D eigenvalue weighted by atomic mass is 16.3. The molecule has 0 spiro atoms. The molecule has 190 valence electrons. The quantitative estimate of drug-likeness (QED) is 0.368. The lowest BCUT2D eigenvalue weighted by molar-refractivity contribution is 0.000146. The Morgan fingerprint density at radius 3 is 1.59 bits per heavy atom. The van der Waals surface area contributed by atoms with Crippen LogP contribution in [0.3, 0.4) is 0 Å². The number of nitrogens with one attached hydrogen (secondary N) is 3. The van der Waals surface area contributed by atoms with Crippen molar-refractivity contribution in [2.45, 2.75) is 140 Å². The first-order valence-corrected chi connectivity index (χ1v) is 13.5. The van der Waals surface area contributed by atoms with Gasteiger partial charge in [-0.3, -0.25) is 0 Å². The summed E-state index contributed by atoms with van der Waals surface area (Å²) in [5.41, 5.74) is -0.979. The molecule has 4 atom stereocenters. The molecule has 6 N–H and O–H groups in total. The number of aliphatic hydroxyl groups excluding tert-OH is 1. The molecule has 32 heavy (non-hydrogen) atoms. The van der Waals surface area contributed by atoms with E-state index in [0.717, 1.165) is 45.3 Å². The normalized spacial score (nSPS) is 29.9. The number of hydrogen-bond donors (Lipinski definition) is 6. The smallest absolute Gasteiger partial charge is 0.0794 e. The van der Waals surface area contributed by atoms with Crippen LogP contribution < -0.4 is 16.0 Å². The predicted molar refractivity (Wildman–Crippen MR) is 133 cm³/mol. The van der Waals surface area contributed by atoms with Crippen molar-refractivity contribution in [1.82, 2.24) is 16.0 Å². The van der Waals surface area contributed by atoms with Gasteiger partial charge >= 0.3 is 0 Å². The minimum atomic E-state index is -0.531. The van der Waals surface area contributed by atoms with Crippen molar-refractivity contribution >= 4 is 0 Å². The van der Waals surface area contributed by atoms with E-state index in [9.17, 15) is 15.3 Å². The first-order valence-electron chi connectivity index (χ1n) is 13.5. The van der Waals surface area contributed by atoms with Crippen molar-refractivity contribution in [1.29, 1.82) is 0 Å². The summed E-state index contributed by atoms with van der Waals surface area (Å²) in [5.74, 6) is 0.598. The Morgan fingerprint density at radius 1 is 0.719 bits per heavy atom. The number of aliphatic hydroxyl groups is 3. The molecule has 3 heterocycles. The Kier molecular flexibility index (Phi) is 11.9. The molecular formula is C26H53N3O3. The van der Waals surface area contributed by atoms with E-state index in [0.29, 0.717) is 24.0 Å². The predicted octanol–water partition coefficient (Wildman–Crippen LogP) is 3.09. The third-order valence-corrected chi connectivity index (χ3v) is 8.24. The van der Waals surface area contributed by atoms with Crippen LogP contribution in [-0.2, 0) is 0 Å². The second kappa shape index (κ2) is 13.6. The van der Waals surface area contributed by atoms with Gasteiger partial charge in [0.1, 0.15) is 0 Å². The summed E-state index contributed by atoms with van der Waals surface area (Å²) in [6.45, 7) is 11.1. The molecule has 6 heteroatoms. The maximum Gasteiger partial charge on any atom is 0.0794 e. The monoisotopic (exact) mass is 455 g/mol. The zero-order chi connectivity index (χ0) is 23.6. The van der Waals surface area contributed by atoms with Gasteiger partial charge in [-0.25, -0.2) is 0 Å². The Balaban J connectivity index is 0.000000172. The average molecular weight is 456 g/mol. The van der Waals surface area contributed by atoms with Gasteiger partial charge in [0.25, 0.3) is 0 Å². The van der Waals surface area contributed by atoms with E-state index in [4.69, 9.17) is 0 Å². The molecule has 0 bridgehead atoms. The second-order valence-electron chi connectivity index (χ2n) is 11.0. The topological polar surface area (TPSA) is 96.8 Å². The third-order valence-electron chi connectivity index (χ3n) is 8.24. The molecule has 3 aliphatic heterocycles. The third kappa shape index (κ3) is 8.52. The van der Waals surface area contributed by atoms with Crippen molar-refractivity contribution < 1.29 is 15.3 Å². The Bertz CT molecular complexity index is 467. The maximum absolute atomic E-state index is 10.1. The zero-order valence-electron chi connectivity index (χ0n) is 21.3. The van der Waals surface area contributed by atoms with Gasteiger partial charge in [0, 0.05) is 18.1 Å². The average Bonchev–Trinajstić information content (AvgIpc) is 3.61. The van der Waals surface area contributed by atoms with Crippen molar-refractivity contribution in [2.75, 3.05) is 19.6 Å². The van der Waals surface area contributed by atoms with Crippen LogP contribution in [0, 0.1) is 5.92 Å². The minimum absolute atomic E-state index is 0.0602. The lowest BCUT2D eigenvalue weighted by Gasteiger charge is -2.32. The van der Waals surface area contributed by atoms with Gasteiger partial charge in [-0.1, -0.05) is 26.7 Å². The molecule has 0 aromatic heterocycles. The summed E-state index contributed by atoms with van der Waals surface area (Å²) in [6.07, 6.45) is 13.9. The van der Waals surface area contributed by atoms with E-state index in [2.05, 4.69) is 29.8 Å². The molecule has 0 aromatic carbocycles. The van der Waals surface area contributed by atoms with Gasteiger partial charge in [0.15, 0.2) is 0 Å². The number of rotatable bonds is 6. The van der Waals surface area contributed by atoms with Crippen LogP contribution in [0.1, 0.15) is 105 Å². The van der Waals surface area contributed by atoms with Gasteiger partial charge in [-0.05, 0) is 104 Å². The summed E-state index contributed by atoms with van der Waals surface area (Å²) < 4.78 is 0. The fourth-order valence-corrected chi connectivity index (χ4v) is 5.80. The van der Waals surface area contributed by atoms with Gasteiger partial charge < -0.3 is 31.3 Å². The highest BCUT2D eigenvalue weighted by Gasteiger charge is 2.34. The van der Waals surface area contributed by atoms with E-state index in [1.54, 1.807) is 0 Å². The Hall–Kier alpha value is -0.240. The largest absolute Gasteiger partial charge is 0.391 e. The van der Waals surface area contributed by atoms with Gasteiger partial charge in [0.05, 0.1) is 17.3 Å². The molecule has 0 amide bonds. The van der Waals surface area contributed by atoms with E-state index in [-0.39, 0.29) is 6.10 Å². The van der Waals surface area contributed by atoms with Crippen LogP contribution in [0.5, 0.6) is 0 Å². The van der Waals surface area contributed by atoms with Crippen LogP contribution in [0.2, 0.25) is 0 Å². The van der Waals surface area contributed by atoms with E-state index in [1.807, 2.05) is 13.8 Å². The highest BCUT2D eigenvalue weighted by Crippen LogP contribution is 2.30. The Morgan fingerprint density at radius 2 is 1.22 bits per heavy atom. The zero-order valence-corrected chi connectivity index (χ0v) is 21.3. The van der Waals surface area contributed by atoms with Crippen molar-refractivity contribution in [3.05, 3.63) is 0 Å². The van der Waals surface area contributed by atoms with E-state index < -0.39 is 11.2 Å². The molecule has 4 rings (SSSR count). The van der Waals surface area contributed by atoms with Gasteiger partial charge in [-0.2, -0.15) is 0 Å². The van der Waals surface area contributed by atoms with Crippen molar-refractivity contribution in [3.63, 3.8) is 0 Å². The molecule has 6 nitrogen and oxygen atoms in total. The Labute approximate surface area is 197 Å². The first-order chi connectivity index (χ1) is 15.2. The molecule has 3 saturated heterocycles. The van der Waals surface area contributed by atoms with Crippen LogP contribution in [0.25, 0.3) is 0 Å². The molecule has 4 fully saturated rings. The second-order valence-corrected chi connectivity index (χ2v) is 11.0. The fourth-order valence-electron chi connectivity index (χ4n) is 5.80. The van der Waals surface area contributed by atoms with Crippen LogP contribution in [-0.4, -0.2) is 70.4 Å². The van der Waals surface area contributed by atoms with Crippen LogP contribution >= 0.6 is 0 Å². The fraction of sp³-hybridized carbons (Fsp3) is 1.00. The summed E-state index contributed by atoms with van der Waals surface area (Å²) >= 11 is 0. The standard InChI is InChI=1S/C10H19NO.C9H19NO.C7H15NO/c12-10(8-4-1-2-5-8)9-6-3-7-11-9;1-3-9(11,4-2)8-6-5-7-10-8;1-7(2,9)6-4-3-5-8-6/h8-12H,1-7H2;8,10-11H,3-7H2,1-2H3;6,8-9H,3-5H2,1-2H3. The minimum Gasteiger partial charge on any atom is -0.391 e. The molecule has 0 aromatic rings. The lowest BCUT2D eigenvalue weighted by Crippen LogP contribution is -2.46. The first kappa shape index (κ1) is 28.0. The SMILES string of the molecule is CC(C)(O)C1CCCN1.CCC(O)(CC)C1CCCN1.OC(C1CCCC1)C1CCCN1. The molecule has 4 unspecified atom stereocenters. The number of hydrogen-bond acceptors (Lipinski definition) is 6.